The molecule has 20 heavy (non-hydrogen) atoms. The summed E-state index contributed by atoms with van der Waals surface area (Å²) in [4.78, 5) is 18.6. The maximum atomic E-state index is 12.1. The Morgan fingerprint density at radius 2 is 1.95 bits per heavy atom. The predicted octanol–water partition coefficient (Wildman–Crippen LogP) is 2.45. The fourth-order valence-corrected chi connectivity index (χ4v) is 3.34. The van der Waals surface area contributed by atoms with Crippen molar-refractivity contribution in [1.29, 1.82) is 0 Å². The Morgan fingerprint density at radius 3 is 2.60 bits per heavy atom. The minimum Gasteiger partial charge on any atom is -0.342 e. The highest BCUT2D eigenvalue weighted by molar-refractivity contribution is 5.79. The van der Waals surface area contributed by atoms with Crippen LogP contribution in [0, 0.1) is 5.92 Å². The molecule has 0 N–H and O–H groups in total. The summed E-state index contributed by atoms with van der Waals surface area (Å²) in [5.41, 5.74) is 0. The van der Waals surface area contributed by atoms with E-state index in [9.17, 15) is 4.79 Å². The Bertz CT molecular complexity index is 505. The van der Waals surface area contributed by atoms with Crippen molar-refractivity contribution >= 4 is 5.91 Å². The van der Waals surface area contributed by atoms with Gasteiger partial charge in [0.1, 0.15) is 0 Å². The van der Waals surface area contributed by atoms with Crippen LogP contribution in [0.25, 0.3) is 0 Å². The molecule has 5 nitrogen and oxygen atoms in total. The molecule has 0 radical (unpaired) electrons. The Morgan fingerprint density at radius 1 is 1.15 bits per heavy atom. The van der Waals surface area contributed by atoms with Crippen LogP contribution in [0.4, 0.5) is 0 Å². The normalized spacial score (nSPS) is 27.7. The molecule has 1 aromatic heterocycles. The lowest BCUT2D eigenvalue weighted by Crippen LogP contribution is -2.33. The zero-order chi connectivity index (χ0) is 13.5. The average Bonchev–Trinajstić information content (AvgIpc) is 2.89. The first-order chi connectivity index (χ1) is 9.79. The highest BCUT2D eigenvalue weighted by atomic mass is 16.5. The van der Waals surface area contributed by atoms with Crippen molar-refractivity contribution in [2.24, 2.45) is 5.92 Å². The first-order valence-electron chi connectivity index (χ1n) is 7.91. The molecule has 108 valence electrons. The van der Waals surface area contributed by atoms with E-state index in [1.807, 2.05) is 4.90 Å². The molecule has 1 aromatic rings. The number of aromatic nitrogens is 2. The quantitative estimate of drug-likeness (QED) is 0.847. The molecule has 3 fully saturated rings. The van der Waals surface area contributed by atoms with Crippen LogP contribution in [0.1, 0.15) is 68.5 Å². The summed E-state index contributed by atoms with van der Waals surface area (Å²) in [7, 11) is 0. The Labute approximate surface area is 118 Å². The third kappa shape index (κ3) is 2.13. The van der Waals surface area contributed by atoms with E-state index in [0.717, 1.165) is 30.7 Å². The summed E-state index contributed by atoms with van der Waals surface area (Å²) in [6.07, 6.45) is 8.03. The van der Waals surface area contributed by atoms with Crippen molar-refractivity contribution in [3.05, 3.63) is 11.7 Å². The molecule has 0 spiro atoms. The van der Waals surface area contributed by atoms with Crippen molar-refractivity contribution < 1.29 is 9.32 Å². The second kappa shape index (κ2) is 4.86. The molecular formula is C15H21N3O2. The van der Waals surface area contributed by atoms with Gasteiger partial charge in [-0.05, 0) is 31.6 Å². The monoisotopic (exact) mass is 275 g/mol. The van der Waals surface area contributed by atoms with E-state index in [2.05, 4.69) is 10.1 Å². The summed E-state index contributed by atoms with van der Waals surface area (Å²) in [6, 6.07) is 0. The van der Waals surface area contributed by atoms with Crippen LogP contribution in [0.5, 0.6) is 0 Å². The molecule has 1 atom stereocenters. The van der Waals surface area contributed by atoms with Crippen molar-refractivity contribution in [2.75, 3.05) is 13.1 Å². The number of carbonyl (C=O) groups is 1. The Hall–Kier alpha value is -1.39. The lowest BCUT2D eigenvalue weighted by Gasteiger charge is -2.30. The third-order valence-electron chi connectivity index (χ3n) is 5.19. The van der Waals surface area contributed by atoms with E-state index in [4.69, 9.17) is 4.52 Å². The molecular weight excluding hydrogens is 254 g/mol. The molecule has 2 heterocycles. The number of rotatable bonds is 4. The van der Waals surface area contributed by atoms with Crippen molar-refractivity contribution in [3.63, 3.8) is 0 Å². The molecule has 1 saturated heterocycles. The summed E-state index contributed by atoms with van der Waals surface area (Å²) in [6.45, 7) is 1.71. The minimum atomic E-state index is 0.139. The van der Waals surface area contributed by atoms with Gasteiger partial charge in [-0.15, -0.1) is 0 Å². The zero-order valence-electron chi connectivity index (χ0n) is 11.8. The average molecular weight is 275 g/mol. The van der Waals surface area contributed by atoms with Crippen LogP contribution in [-0.4, -0.2) is 34.0 Å². The summed E-state index contributed by atoms with van der Waals surface area (Å²) in [5.74, 6) is 3.14. The maximum absolute atomic E-state index is 12.1. The Balaban J connectivity index is 1.41. The SMILES string of the molecule is O=C1CC(c2noc(C3CCC3)n2)CN1CC1CCC1. The first kappa shape index (κ1) is 12.4. The molecule has 0 bridgehead atoms. The fourth-order valence-electron chi connectivity index (χ4n) is 3.34. The molecule has 3 aliphatic rings. The number of hydrogen-bond acceptors (Lipinski definition) is 4. The van der Waals surface area contributed by atoms with Crippen LogP contribution >= 0.6 is 0 Å². The number of carbonyl (C=O) groups excluding carboxylic acids is 1. The van der Waals surface area contributed by atoms with Gasteiger partial charge in [0.2, 0.25) is 11.8 Å². The van der Waals surface area contributed by atoms with Gasteiger partial charge in [0.25, 0.3) is 0 Å². The van der Waals surface area contributed by atoms with Gasteiger partial charge in [-0.25, -0.2) is 0 Å². The van der Waals surface area contributed by atoms with E-state index in [0.29, 0.717) is 12.3 Å². The van der Waals surface area contributed by atoms with E-state index in [-0.39, 0.29) is 11.8 Å². The molecule has 0 aromatic carbocycles. The van der Waals surface area contributed by atoms with Crippen LogP contribution in [0.2, 0.25) is 0 Å². The van der Waals surface area contributed by atoms with Gasteiger partial charge in [-0.1, -0.05) is 18.0 Å². The molecule has 1 unspecified atom stereocenters. The first-order valence-corrected chi connectivity index (χ1v) is 7.91. The smallest absolute Gasteiger partial charge is 0.229 e. The van der Waals surface area contributed by atoms with E-state index >= 15 is 0 Å². The summed E-state index contributed by atoms with van der Waals surface area (Å²) in [5, 5.41) is 4.12. The second-order valence-corrected chi connectivity index (χ2v) is 6.62. The van der Waals surface area contributed by atoms with Gasteiger partial charge in [-0.2, -0.15) is 4.98 Å². The molecule has 2 aliphatic carbocycles. The van der Waals surface area contributed by atoms with Crippen LogP contribution in [0.15, 0.2) is 4.52 Å². The molecule has 5 heteroatoms. The fraction of sp³-hybridized carbons (Fsp3) is 0.800. The third-order valence-corrected chi connectivity index (χ3v) is 5.19. The highest BCUT2D eigenvalue weighted by Gasteiger charge is 2.36. The van der Waals surface area contributed by atoms with Crippen molar-refractivity contribution in [1.82, 2.24) is 15.0 Å². The standard InChI is InChI=1S/C15H21N3O2/c19-13-7-12(9-18(13)8-10-3-1-4-10)14-16-15(20-17-14)11-5-2-6-11/h10-12H,1-9H2. The van der Waals surface area contributed by atoms with Crippen LogP contribution in [-0.2, 0) is 4.79 Å². The van der Waals surface area contributed by atoms with Gasteiger partial charge < -0.3 is 9.42 Å². The lowest BCUT2D eigenvalue weighted by molar-refractivity contribution is -0.128. The zero-order valence-corrected chi connectivity index (χ0v) is 11.8. The van der Waals surface area contributed by atoms with E-state index in [1.54, 1.807) is 0 Å². The number of amides is 1. The van der Waals surface area contributed by atoms with Crippen molar-refractivity contribution in [2.45, 2.75) is 56.8 Å². The predicted molar refractivity (Wildman–Crippen MR) is 72.2 cm³/mol. The van der Waals surface area contributed by atoms with Gasteiger partial charge >= 0.3 is 0 Å². The second-order valence-electron chi connectivity index (χ2n) is 6.62. The summed E-state index contributed by atoms with van der Waals surface area (Å²) >= 11 is 0. The molecule has 4 rings (SSSR count). The van der Waals surface area contributed by atoms with Gasteiger partial charge in [0.15, 0.2) is 5.82 Å². The number of hydrogen-bond donors (Lipinski definition) is 0. The molecule has 2 saturated carbocycles. The topological polar surface area (TPSA) is 59.2 Å². The Kier molecular flexibility index (Phi) is 3.00. The van der Waals surface area contributed by atoms with Crippen molar-refractivity contribution in [3.8, 4) is 0 Å². The van der Waals surface area contributed by atoms with E-state index in [1.165, 1.54) is 38.5 Å². The summed E-state index contributed by atoms with van der Waals surface area (Å²) < 4.78 is 5.37. The van der Waals surface area contributed by atoms with Gasteiger partial charge in [0, 0.05) is 31.3 Å². The number of likely N-dealkylation sites (tertiary alicyclic amines) is 1. The van der Waals surface area contributed by atoms with Crippen LogP contribution < -0.4 is 0 Å². The largest absolute Gasteiger partial charge is 0.342 e. The van der Waals surface area contributed by atoms with Gasteiger partial charge in [0.05, 0.1) is 0 Å². The van der Waals surface area contributed by atoms with Gasteiger partial charge in [-0.3, -0.25) is 4.79 Å². The van der Waals surface area contributed by atoms with Crippen LogP contribution in [0.3, 0.4) is 0 Å². The lowest BCUT2D eigenvalue weighted by atomic mass is 9.85. The minimum absolute atomic E-state index is 0.139. The molecule has 1 amide bonds. The van der Waals surface area contributed by atoms with E-state index < -0.39 is 0 Å². The highest BCUT2D eigenvalue weighted by Crippen LogP contribution is 2.37. The molecule has 1 aliphatic heterocycles. The number of nitrogens with zero attached hydrogens (tertiary/aromatic N) is 3. The maximum Gasteiger partial charge on any atom is 0.229 e.